The minimum Gasteiger partial charge on any atom is -0.322 e. The fourth-order valence-electron chi connectivity index (χ4n) is 3.00. The molecule has 0 bridgehead atoms. The predicted octanol–water partition coefficient (Wildman–Crippen LogP) is 4.92. The number of rotatable bonds is 3. The summed E-state index contributed by atoms with van der Waals surface area (Å²) in [6.45, 7) is 2.08. The first kappa shape index (κ1) is 15.3. The lowest BCUT2D eigenvalue weighted by Gasteiger charge is -2.06. The molecule has 1 N–H and O–H groups in total. The van der Waals surface area contributed by atoms with Crippen molar-refractivity contribution in [2.45, 2.75) is 13.3 Å². The van der Waals surface area contributed by atoms with Gasteiger partial charge in [0.2, 0.25) is 0 Å². The molecule has 3 aromatic carbocycles. The number of carbonyl (C=O) groups is 1. The lowest BCUT2D eigenvalue weighted by molar-refractivity contribution is 0.102. The molecule has 25 heavy (non-hydrogen) atoms. The van der Waals surface area contributed by atoms with E-state index in [1.54, 1.807) is 12.1 Å². The molecule has 0 saturated heterocycles. The molecular formula is C22H18N2O. The van der Waals surface area contributed by atoms with Gasteiger partial charge in [-0.1, -0.05) is 42.5 Å². The molecular weight excluding hydrogens is 308 g/mol. The highest BCUT2D eigenvalue weighted by Gasteiger charge is 2.16. The van der Waals surface area contributed by atoms with E-state index in [4.69, 9.17) is 4.99 Å². The Morgan fingerprint density at radius 2 is 1.72 bits per heavy atom. The average molecular weight is 326 g/mol. The van der Waals surface area contributed by atoms with Crippen molar-refractivity contribution in [3.63, 3.8) is 0 Å². The van der Waals surface area contributed by atoms with Gasteiger partial charge in [-0.2, -0.15) is 0 Å². The molecule has 0 fully saturated rings. The monoisotopic (exact) mass is 326 g/mol. The van der Waals surface area contributed by atoms with Crippen LogP contribution in [0.4, 0.5) is 11.4 Å². The Morgan fingerprint density at radius 1 is 0.960 bits per heavy atom. The summed E-state index contributed by atoms with van der Waals surface area (Å²) in [4.78, 5) is 17.0. The molecule has 3 nitrogen and oxygen atoms in total. The number of nitrogens with one attached hydrogen (secondary N) is 1. The van der Waals surface area contributed by atoms with Gasteiger partial charge < -0.3 is 5.32 Å². The van der Waals surface area contributed by atoms with Gasteiger partial charge in [-0.15, -0.1) is 0 Å². The zero-order valence-corrected chi connectivity index (χ0v) is 14.0. The maximum atomic E-state index is 12.2. The molecule has 122 valence electrons. The minimum atomic E-state index is -0.102. The summed E-state index contributed by atoms with van der Waals surface area (Å²) in [7, 11) is 0. The lowest BCUT2D eigenvalue weighted by atomic mass is 10.0. The van der Waals surface area contributed by atoms with Crippen LogP contribution in [0.5, 0.6) is 0 Å². The highest BCUT2D eigenvalue weighted by atomic mass is 16.1. The number of benzene rings is 3. The van der Waals surface area contributed by atoms with Crippen LogP contribution in [0.1, 0.15) is 27.0 Å². The lowest BCUT2D eigenvalue weighted by Crippen LogP contribution is -2.11. The SMILES string of the molecule is Cc1ccc2c(c1)N=C(c1ccc(NC(=O)c3ccccc3)cc1)C2. The topological polar surface area (TPSA) is 41.5 Å². The van der Waals surface area contributed by atoms with Crippen LogP contribution in [0, 0.1) is 6.92 Å². The highest BCUT2D eigenvalue weighted by molar-refractivity contribution is 6.07. The van der Waals surface area contributed by atoms with Gasteiger partial charge in [0, 0.05) is 17.7 Å². The molecule has 0 atom stereocenters. The van der Waals surface area contributed by atoms with Crippen LogP contribution in [0.3, 0.4) is 0 Å². The summed E-state index contributed by atoms with van der Waals surface area (Å²) < 4.78 is 0. The molecule has 0 unspecified atom stereocenters. The third-order valence-corrected chi connectivity index (χ3v) is 4.37. The molecule has 0 aromatic heterocycles. The molecule has 1 heterocycles. The molecule has 1 aliphatic heterocycles. The Balaban J connectivity index is 1.50. The summed E-state index contributed by atoms with van der Waals surface area (Å²) in [5.41, 5.74) is 7.15. The normalized spacial score (nSPS) is 12.4. The molecule has 0 saturated carbocycles. The average Bonchev–Trinajstić information content (AvgIpc) is 3.06. The Morgan fingerprint density at radius 3 is 2.48 bits per heavy atom. The van der Waals surface area contributed by atoms with Crippen molar-refractivity contribution in [3.8, 4) is 0 Å². The largest absolute Gasteiger partial charge is 0.322 e. The number of aryl methyl sites for hydroxylation is 1. The van der Waals surface area contributed by atoms with Gasteiger partial charge in [0.1, 0.15) is 0 Å². The van der Waals surface area contributed by atoms with E-state index in [9.17, 15) is 4.79 Å². The second kappa shape index (κ2) is 6.36. The van der Waals surface area contributed by atoms with Crippen molar-refractivity contribution in [1.82, 2.24) is 0 Å². The van der Waals surface area contributed by atoms with Gasteiger partial charge in [0.05, 0.1) is 11.4 Å². The Hall–Kier alpha value is -3.20. The number of fused-ring (bicyclic) bond motifs is 1. The van der Waals surface area contributed by atoms with E-state index in [2.05, 4.69) is 30.4 Å². The molecule has 0 spiro atoms. The number of aliphatic imine (C=N–C) groups is 1. The first-order chi connectivity index (χ1) is 12.2. The number of nitrogens with zero attached hydrogens (tertiary/aromatic N) is 1. The number of anilines is 1. The van der Waals surface area contributed by atoms with Crippen LogP contribution in [0.25, 0.3) is 0 Å². The van der Waals surface area contributed by atoms with Crippen LogP contribution in [-0.2, 0) is 6.42 Å². The third kappa shape index (κ3) is 3.22. The van der Waals surface area contributed by atoms with Crippen molar-refractivity contribution in [1.29, 1.82) is 0 Å². The smallest absolute Gasteiger partial charge is 0.255 e. The van der Waals surface area contributed by atoms with Crippen LogP contribution < -0.4 is 5.32 Å². The Labute approximate surface area is 147 Å². The van der Waals surface area contributed by atoms with Crippen molar-refractivity contribution in [2.75, 3.05) is 5.32 Å². The number of amides is 1. The second-order valence-corrected chi connectivity index (χ2v) is 6.26. The van der Waals surface area contributed by atoms with Crippen LogP contribution in [0.15, 0.2) is 77.8 Å². The molecule has 1 amide bonds. The van der Waals surface area contributed by atoms with Crippen molar-refractivity contribution in [3.05, 3.63) is 95.1 Å². The van der Waals surface area contributed by atoms with Crippen LogP contribution in [-0.4, -0.2) is 11.6 Å². The predicted molar refractivity (Wildman–Crippen MR) is 102 cm³/mol. The second-order valence-electron chi connectivity index (χ2n) is 6.26. The Bertz CT molecular complexity index is 957. The number of hydrogen-bond acceptors (Lipinski definition) is 2. The summed E-state index contributed by atoms with van der Waals surface area (Å²) >= 11 is 0. The van der Waals surface area contributed by atoms with Gasteiger partial charge in [-0.3, -0.25) is 9.79 Å². The van der Waals surface area contributed by atoms with E-state index in [-0.39, 0.29) is 5.91 Å². The van der Waals surface area contributed by atoms with E-state index in [0.29, 0.717) is 5.56 Å². The van der Waals surface area contributed by atoms with Crippen molar-refractivity contribution >= 4 is 23.0 Å². The summed E-state index contributed by atoms with van der Waals surface area (Å²) in [6.07, 6.45) is 0.853. The summed E-state index contributed by atoms with van der Waals surface area (Å²) in [5.74, 6) is -0.102. The highest BCUT2D eigenvalue weighted by Crippen LogP contribution is 2.30. The quantitative estimate of drug-likeness (QED) is 0.729. The standard InChI is InChI=1S/C22H18N2O/c1-15-7-8-18-14-21(24-20(18)13-15)16-9-11-19(12-10-16)23-22(25)17-5-3-2-4-6-17/h2-13H,14H2,1H3,(H,23,25). The third-order valence-electron chi connectivity index (χ3n) is 4.37. The first-order valence-corrected chi connectivity index (χ1v) is 8.33. The van der Waals surface area contributed by atoms with Gasteiger partial charge in [-0.05, 0) is 53.9 Å². The van der Waals surface area contributed by atoms with E-state index in [0.717, 1.165) is 29.1 Å². The fraction of sp³-hybridized carbons (Fsp3) is 0.0909. The van der Waals surface area contributed by atoms with Crippen molar-refractivity contribution < 1.29 is 4.79 Å². The van der Waals surface area contributed by atoms with E-state index in [1.807, 2.05) is 42.5 Å². The maximum absolute atomic E-state index is 12.2. The molecule has 1 aliphatic rings. The Kier molecular flexibility index (Phi) is 3.90. The summed E-state index contributed by atoms with van der Waals surface area (Å²) in [5, 5.41) is 2.92. The van der Waals surface area contributed by atoms with Crippen LogP contribution >= 0.6 is 0 Å². The number of carbonyl (C=O) groups excluding carboxylic acids is 1. The molecule has 0 radical (unpaired) electrons. The minimum absolute atomic E-state index is 0.102. The first-order valence-electron chi connectivity index (χ1n) is 8.33. The molecule has 3 aromatic rings. The van der Waals surface area contributed by atoms with E-state index < -0.39 is 0 Å². The van der Waals surface area contributed by atoms with Gasteiger partial charge in [0.25, 0.3) is 5.91 Å². The van der Waals surface area contributed by atoms with Crippen LogP contribution in [0.2, 0.25) is 0 Å². The molecule has 0 aliphatic carbocycles. The zero-order chi connectivity index (χ0) is 17.2. The summed E-state index contributed by atoms with van der Waals surface area (Å²) in [6, 6.07) is 23.5. The molecule has 3 heteroatoms. The zero-order valence-electron chi connectivity index (χ0n) is 14.0. The number of hydrogen-bond donors (Lipinski definition) is 1. The fourth-order valence-corrected chi connectivity index (χ4v) is 3.00. The van der Waals surface area contributed by atoms with E-state index >= 15 is 0 Å². The van der Waals surface area contributed by atoms with E-state index in [1.165, 1.54) is 11.1 Å². The van der Waals surface area contributed by atoms with Gasteiger partial charge in [-0.25, -0.2) is 0 Å². The maximum Gasteiger partial charge on any atom is 0.255 e. The molecule has 4 rings (SSSR count). The van der Waals surface area contributed by atoms with Crippen molar-refractivity contribution in [2.24, 2.45) is 4.99 Å². The van der Waals surface area contributed by atoms with Gasteiger partial charge >= 0.3 is 0 Å². The van der Waals surface area contributed by atoms with Gasteiger partial charge in [0.15, 0.2) is 0 Å².